The molecule has 2 rings (SSSR count). The summed E-state index contributed by atoms with van der Waals surface area (Å²) in [6.07, 6.45) is 1.69. The quantitative estimate of drug-likeness (QED) is 0.525. The van der Waals surface area contributed by atoms with Crippen LogP contribution in [0.3, 0.4) is 0 Å². The first kappa shape index (κ1) is 21.9. The average molecular weight is 385 g/mol. The molecule has 0 saturated carbocycles. The van der Waals surface area contributed by atoms with E-state index in [4.69, 9.17) is 9.47 Å². The smallest absolute Gasteiger partial charge is 0.314 e. The molecule has 0 saturated heterocycles. The van der Waals surface area contributed by atoms with Gasteiger partial charge in [-0.1, -0.05) is 60.7 Å². The molecule has 0 aromatic heterocycles. The third-order valence-corrected chi connectivity index (χ3v) is 4.49. The van der Waals surface area contributed by atoms with Crippen molar-refractivity contribution in [3.63, 3.8) is 0 Å². The predicted octanol–water partition coefficient (Wildman–Crippen LogP) is 4.62. The van der Waals surface area contributed by atoms with E-state index in [2.05, 4.69) is 34.9 Å². The predicted molar refractivity (Wildman–Crippen MR) is 112 cm³/mol. The van der Waals surface area contributed by atoms with E-state index in [1.54, 1.807) is 0 Å². The third-order valence-electron chi connectivity index (χ3n) is 4.49. The van der Waals surface area contributed by atoms with Gasteiger partial charge in [-0.15, -0.1) is 0 Å². The van der Waals surface area contributed by atoms with Crippen LogP contribution in [-0.4, -0.2) is 32.3 Å². The van der Waals surface area contributed by atoms with E-state index >= 15 is 0 Å². The number of nitrogens with one attached hydrogen (secondary N) is 2. The van der Waals surface area contributed by atoms with Gasteiger partial charge in [0, 0.05) is 26.3 Å². The molecule has 2 N–H and O–H groups in total. The van der Waals surface area contributed by atoms with Crippen LogP contribution in [0.4, 0.5) is 4.79 Å². The minimum Gasteiger partial charge on any atom is -0.374 e. The molecule has 2 amide bonds. The Hall–Kier alpha value is -2.37. The molecule has 0 bridgehead atoms. The fourth-order valence-corrected chi connectivity index (χ4v) is 2.77. The molecular weight excluding hydrogens is 352 g/mol. The van der Waals surface area contributed by atoms with Crippen LogP contribution in [-0.2, 0) is 9.47 Å². The summed E-state index contributed by atoms with van der Waals surface area (Å²) in [4.78, 5) is 11.8. The molecule has 0 aliphatic heterocycles. The molecule has 152 valence electrons. The van der Waals surface area contributed by atoms with Gasteiger partial charge in [-0.3, -0.25) is 0 Å². The molecular formula is C23H32N2O3. The van der Waals surface area contributed by atoms with Crippen molar-refractivity contribution in [3.05, 3.63) is 71.8 Å². The summed E-state index contributed by atoms with van der Waals surface area (Å²) in [6.45, 7) is 6.49. The molecule has 0 heterocycles. The standard InChI is InChI=1S/C23H32N2O3/c1-19(21-11-5-3-6-12-21)27-17-9-15-24-23(26)25-16-10-18-28-20(2)22-13-7-4-8-14-22/h3-8,11-14,19-20H,9-10,15-18H2,1-2H3,(H2,24,25,26)/t19-,20-/m0/s1. The lowest BCUT2D eigenvalue weighted by molar-refractivity contribution is 0.0639. The van der Waals surface area contributed by atoms with Crippen LogP contribution in [0.25, 0.3) is 0 Å². The van der Waals surface area contributed by atoms with Crippen LogP contribution in [0.1, 0.15) is 50.0 Å². The highest BCUT2D eigenvalue weighted by Gasteiger charge is 2.06. The van der Waals surface area contributed by atoms with E-state index < -0.39 is 0 Å². The van der Waals surface area contributed by atoms with Crippen LogP contribution < -0.4 is 10.6 Å². The lowest BCUT2D eigenvalue weighted by Gasteiger charge is -2.14. The monoisotopic (exact) mass is 384 g/mol. The number of amides is 2. The molecule has 5 nitrogen and oxygen atoms in total. The molecule has 0 aliphatic carbocycles. The Bertz CT molecular complexity index is 607. The molecule has 0 unspecified atom stereocenters. The maximum atomic E-state index is 11.8. The summed E-state index contributed by atoms with van der Waals surface area (Å²) < 4.78 is 11.6. The van der Waals surface area contributed by atoms with Gasteiger partial charge in [-0.05, 0) is 37.8 Å². The average Bonchev–Trinajstić information content (AvgIpc) is 2.74. The van der Waals surface area contributed by atoms with Crippen molar-refractivity contribution in [1.29, 1.82) is 0 Å². The zero-order chi connectivity index (χ0) is 20.0. The summed E-state index contributed by atoms with van der Waals surface area (Å²) >= 11 is 0. The van der Waals surface area contributed by atoms with Gasteiger partial charge in [0.1, 0.15) is 0 Å². The molecule has 28 heavy (non-hydrogen) atoms. The summed E-state index contributed by atoms with van der Waals surface area (Å²) in [5, 5.41) is 5.70. The number of rotatable bonds is 12. The van der Waals surface area contributed by atoms with Gasteiger partial charge in [0.2, 0.25) is 0 Å². The minimum absolute atomic E-state index is 0.0632. The van der Waals surface area contributed by atoms with Crippen molar-refractivity contribution in [3.8, 4) is 0 Å². The fraction of sp³-hybridized carbons (Fsp3) is 0.435. The number of carbonyl (C=O) groups is 1. The van der Waals surface area contributed by atoms with E-state index in [9.17, 15) is 4.79 Å². The van der Waals surface area contributed by atoms with Crippen molar-refractivity contribution >= 4 is 6.03 Å². The highest BCUT2D eigenvalue weighted by atomic mass is 16.5. The van der Waals surface area contributed by atoms with Crippen LogP contribution >= 0.6 is 0 Å². The molecule has 2 atom stereocenters. The molecule has 0 spiro atoms. The Labute approximate surface area is 168 Å². The van der Waals surface area contributed by atoms with E-state index in [1.807, 2.05) is 50.2 Å². The van der Waals surface area contributed by atoms with Gasteiger partial charge in [-0.25, -0.2) is 4.79 Å². The van der Waals surface area contributed by atoms with Crippen molar-refractivity contribution in [2.45, 2.75) is 38.9 Å². The van der Waals surface area contributed by atoms with Gasteiger partial charge >= 0.3 is 6.03 Å². The summed E-state index contributed by atoms with van der Waals surface area (Å²) in [6, 6.07) is 20.1. The first-order valence-corrected chi connectivity index (χ1v) is 10.0. The van der Waals surface area contributed by atoms with Crippen LogP contribution in [0.2, 0.25) is 0 Å². The Morgan fingerprint density at radius 3 is 1.54 bits per heavy atom. The zero-order valence-corrected chi connectivity index (χ0v) is 16.9. The maximum absolute atomic E-state index is 11.8. The fourth-order valence-electron chi connectivity index (χ4n) is 2.77. The topological polar surface area (TPSA) is 59.6 Å². The van der Waals surface area contributed by atoms with Gasteiger partial charge in [0.05, 0.1) is 12.2 Å². The highest BCUT2D eigenvalue weighted by molar-refractivity contribution is 5.73. The van der Waals surface area contributed by atoms with Crippen molar-refractivity contribution in [2.75, 3.05) is 26.3 Å². The van der Waals surface area contributed by atoms with E-state index in [-0.39, 0.29) is 18.2 Å². The van der Waals surface area contributed by atoms with Crippen molar-refractivity contribution in [2.24, 2.45) is 0 Å². The second kappa shape index (κ2) is 12.9. The highest BCUT2D eigenvalue weighted by Crippen LogP contribution is 2.16. The minimum atomic E-state index is -0.146. The second-order valence-corrected chi connectivity index (χ2v) is 6.74. The molecule has 0 aliphatic rings. The van der Waals surface area contributed by atoms with E-state index in [1.165, 1.54) is 0 Å². The number of hydrogen-bond acceptors (Lipinski definition) is 3. The zero-order valence-electron chi connectivity index (χ0n) is 16.9. The van der Waals surface area contributed by atoms with Gasteiger partial charge in [0.15, 0.2) is 0 Å². The first-order chi connectivity index (χ1) is 13.7. The van der Waals surface area contributed by atoms with Crippen molar-refractivity contribution in [1.82, 2.24) is 10.6 Å². The number of urea groups is 1. The van der Waals surface area contributed by atoms with E-state index in [0.29, 0.717) is 26.3 Å². The molecule has 5 heteroatoms. The van der Waals surface area contributed by atoms with Crippen molar-refractivity contribution < 1.29 is 14.3 Å². The Morgan fingerprint density at radius 1 is 0.750 bits per heavy atom. The lowest BCUT2D eigenvalue weighted by atomic mass is 10.1. The van der Waals surface area contributed by atoms with Gasteiger partial charge < -0.3 is 20.1 Å². The summed E-state index contributed by atoms with van der Waals surface area (Å²) in [7, 11) is 0. The SMILES string of the molecule is C[C@H](OCCCNC(=O)NCCCO[C@@H](C)c1ccccc1)c1ccccc1. The molecule has 0 radical (unpaired) electrons. The number of ether oxygens (including phenoxy) is 2. The van der Waals surface area contributed by atoms with Crippen LogP contribution in [0.5, 0.6) is 0 Å². The number of carbonyl (C=O) groups excluding carboxylic acids is 1. The third kappa shape index (κ3) is 8.55. The summed E-state index contributed by atoms with van der Waals surface area (Å²) in [5.74, 6) is 0. The molecule has 2 aromatic rings. The second-order valence-electron chi connectivity index (χ2n) is 6.74. The van der Waals surface area contributed by atoms with Crippen LogP contribution in [0.15, 0.2) is 60.7 Å². The molecule has 2 aromatic carbocycles. The number of benzene rings is 2. The Kier molecular flexibility index (Phi) is 10.1. The van der Waals surface area contributed by atoms with E-state index in [0.717, 1.165) is 24.0 Å². The first-order valence-electron chi connectivity index (χ1n) is 10.0. The van der Waals surface area contributed by atoms with Gasteiger partial charge in [0.25, 0.3) is 0 Å². The largest absolute Gasteiger partial charge is 0.374 e. The summed E-state index contributed by atoms with van der Waals surface area (Å²) in [5.41, 5.74) is 2.33. The Balaban J connectivity index is 1.45. The van der Waals surface area contributed by atoms with Gasteiger partial charge in [-0.2, -0.15) is 0 Å². The lowest BCUT2D eigenvalue weighted by Crippen LogP contribution is -2.37. The maximum Gasteiger partial charge on any atom is 0.314 e. The number of hydrogen-bond donors (Lipinski definition) is 2. The molecule has 0 fully saturated rings. The Morgan fingerprint density at radius 2 is 1.14 bits per heavy atom. The normalized spacial score (nSPS) is 12.9. The van der Waals surface area contributed by atoms with Crippen LogP contribution in [0, 0.1) is 0 Å².